The molecular weight excluding hydrogens is 318 g/mol. The van der Waals surface area contributed by atoms with Crippen molar-refractivity contribution in [3.63, 3.8) is 0 Å². The highest BCUT2D eigenvalue weighted by molar-refractivity contribution is 6.30. The maximum atomic E-state index is 11.5. The SMILES string of the molecule is Cc1ccc(Cl)cc1Nc1ncnc(NC(C)(C)C)c1[N+](=O)[O-]. The van der Waals surface area contributed by atoms with Crippen LogP contribution in [0.1, 0.15) is 26.3 Å². The minimum Gasteiger partial charge on any atom is -0.360 e. The summed E-state index contributed by atoms with van der Waals surface area (Å²) >= 11 is 5.98. The van der Waals surface area contributed by atoms with Gasteiger partial charge in [-0.3, -0.25) is 10.1 Å². The first-order valence-corrected chi connectivity index (χ1v) is 7.36. The van der Waals surface area contributed by atoms with Gasteiger partial charge in [0.1, 0.15) is 6.33 Å². The molecule has 0 fully saturated rings. The smallest absolute Gasteiger partial charge is 0.353 e. The first kappa shape index (κ1) is 17.0. The lowest BCUT2D eigenvalue weighted by molar-refractivity contribution is -0.383. The Balaban J connectivity index is 2.48. The van der Waals surface area contributed by atoms with Gasteiger partial charge in [0.25, 0.3) is 0 Å². The van der Waals surface area contributed by atoms with Crippen molar-refractivity contribution in [1.29, 1.82) is 0 Å². The zero-order chi connectivity index (χ0) is 17.2. The molecule has 2 rings (SSSR count). The van der Waals surface area contributed by atoms with Crippen LogP contribution in [0.5, 0.6) is 0 Å². The van der Waals surface area contributed by atoms with E-state index in [0.717, 1.165) is 5.56 Å². The third-order valence-electron chi connectivity index (χ3n) is 2.95. The highest BCUT2D eigenvalue weighted by atomic mass is 35.5. The number of nitrogens with one attached hydrogen (secondary N) is 2. The Morgan fingerprint density at radius 2 is 1.87 bits per heavy atom. The maximum absolute atomic E-state index is 11.5. The van der Waals surface area contributed by atoms with Crippen LogP contribution >= 0.6 is 11.6 Å². The number of nitrogens with zero attached hydrogens (tertiary/aromatic N) is 3. The van der Waals surface area contributed by atoms with E-state index in [9.17, 15) is 10.1 Å². The highest BCUT2D eigenvalue weighted by Gasteiger charge is 2.26. The molecule has 0 amide bonds. The van der Waals surface area contributed by atoms with Crippen LogP contribution in [0.4, 0.5) is 23.0 Å². The fraction of sp³-hybridized carbons (Fsp3) is 0.333. The molecule has 7 nitrogen and oxygen atoms in total. The Morgan fingerprint density at radius 1 is 1.22 bits per heavy atom. The molecule has 0 aliphatic heterocycles. The van der Waals surface area contributed by atoms with Crippen LogP contribution in [0, 0.1) is 17.0 Å². The van der Waals surface area contributed by atoms with Gasteiger partial charge in [0.2, 0.25) is 11.6 Å². The Labute approximate surface area is 139 Å². The summed E-state index contributed by atoms with van der Waals surface area (Å²) in [7, 11) is 0. The normalized spacial score (nSPS) is 11.2. The van der Waals surface area contributed by atoms with Crippen LogP contribution in [0.25, 0.3) is 0 Å². The van der Waals surface area contributed by atoms with Crippen molar-refractivity contribution in [1.82, 2.24) is 9.97 Å². The largest absolute Gasteiger partial charge is 0.360 e. The first-order chi connectivity index (χ1) is 10.7. The zero-order valence-electron chi connectivity index (χ0n) is 13.3. The third-order valence-corrected chi connectivity index (χ3v) is 3.19. The molecule has 2 N–H and O–H groups in total. The lowest BCUT2D eigenvalue weighted by atomic mass is 10.1. The number of benzene rings is 1. The van der Waals surface area contributed by atoms with Gasteiger partial charge < -0.3 is 10.6 Å². The van der Waals surface area contributed by atoms with Crippen LogP contribution in [-0.2, 0) is 0 Å². The molecule has 0 bridgehead atoms. The van der Waals surface area contributed by atoms with Crippen molar-refractivity contribution < 1.29 is 4.92 Å². The monoisotopic (exact) mass is 335 g/mol. The van der Waals surface area contributed by atoms with Crippen molar-refractivity contribution in [2.75, 3.05) is 10.6 Å². The van der Waals surface area contributed by atoms with Crippen molar-refractivity contribution in [3.05, 3.63) is 45.2 Å². The summed E-state index contributed by atoms with van der Waals surface area (Å²) < 4.78 is 0. The van der Waals surface area contributed by atoms with Crippen LogP contribution < -0.4 is 10.6 Å². The van der Waals surface area contributed by atoms with Gasteiger partial charge in [0, 0.05) is 16.2 Å². The van der Waals surface area contributed by atoms with Crippen molar-refractivity contribution in [3.8, 4) is 0 Å². The standard InChI is InChI=1S/C15H18ClN5O2/c1-9-5-6-10(16)7-11(9)19-13-12(21(22)23)14(18-8-17-13)20-15(2,3)4/h5-8H,1-4H3,(H2,17,18,19,20). The van der Waals surface area contributed by atoms with Crippen molar-refractivity contribution in [2.45, 2.75) is 33.2 Å². The molecule has 2 aromatic rings. The summed E-state index contributed by atoms with van der Waals surface area (Å²) in [5, 5.41) is 18.0. The predicted octanol–water partition coefficient (Wildman–Crippen LogP) is 4.30. The number of nitro groups is 1. The average molecular weight is 336 g/mol. The molecule has 1 aromatic carbocycles. The molecule has 0 aliphatic rings. The lowest BCUT2D eigenvalue weighted by Gasteiger charge is -2.21. The summed E-state index contributed by atoms with van der Waals surface area (Å²) in [6.07, 6.45) is 1.28. The van der Waals surface area contributed by atoms with E-state index in [0.29, 0.717) is 10.7 Å². The van der Waals surface area contributed by atoms with Crippen molar-refractivity contribution >= 4 is 34.6 Å². The molecular formula is C15H18ClN5O2. The van der Waals surface area contributed by atoms with Gasteiger partial charge in [0.15, 0.2) is 0 Å². The van der Waals surface area contributed by atoms with E-state index in [1.54, 1.807) is 12.1 Å². The van der Waals surface area contributed by atoms with Crippen LogP contribution in [-0.4, -0.2) is 20.4 Å². The molecule has 0 radical (unpaired) electrons. The molecule has 0 spiro atoms. The molecule has 0 unspecified atom stereocenters. The molecule has 0 aliphatic carbocycles. The van der Waals surface area contributed by atoms with E-state index in [4.69, 9.17) is 11.6 Å². The summed E-state index contributed by atoms with van der Waals surface area (Å²) in [5.74, 6) is 0.279. The lowest BCUT2D eigenvalue weighted by Crippen LogP contribution is -2.27. The summed E-state index contributed by atoms with van der Waals surface area (Å²) in [5.41, 5.74) is 0.970. The minimum atomic E-state index is -0.504. The number of hydrogen-bond donors (Lipinski definition) is 2. The topological polar surface area (TPSA) is 93.0 Å². The molecule has 0 atom stereocenters. The number of aromatic nitrogens is 2. The molecule has 0 saturated carbocycles. The van der Waals surface area contributed by atoms with Crippen LogP contribution in [0.2, 0.25) is 5.02 Å². The third kappa shape index (κ3) is 4.29. The number of aryl methyl sites for hydroxylation is 1. The van der Waals surface area contributed by atoms with Gasteiger partial charge in [-0.25, -0.2) is 9.97 Å². The zero-order valence-corrected chi connectivity index (χ0v) is 14.1. The van der Waals surface area contributed by atoms with E-state index < -0.39 is 4.92 Å². The quantitative estimate of drug-likeness (QED) is 0.639. The van der Waals surface area contributed by atoms with Gasteiger partial charge in [0.05, 0.1) is 4.92 Å². The predicted molar refractivity (Wildman–Crippen MR) is 91.5 cm³/mol. The second-order valence-electron chi connectivity index (χ2n) is 6.14. The summed E-state index contributed by atoms with van der Waals surface area (Å²) in [6.45, 7) is 7.56. The maximum Gasteiger partial charge on any atom is 0.353 e. The molecule has 0 saturated heterocycles. The minimum absolute atomic E-state index is 0.113. The van der Waals surface area contributed by atoms with E-state index >= 15 is 0 Å². The van der Waals surface area contributed by atoms with E-state index in [2.05, 4.69) is 20.6 Å². The first-order valence-electron chi connectivity index (χ1n) is 6.98. The van der Waals surface area contributed by atoms with Gasteiger partial charge >= 0.3 is 5.69 Å². The number of rotatable bonds is 4. The Hall–Kier alpha value is -2.41. The van der Waals surface area contributed by atoms with E-state index in [1.807, 2.05) is 33.8 Å². The molecule has 8 heteroatoms. The van der Waals surface area contributed by atoms with Gasteiger partial charge in [-0.15, -0.1) is 0 Å². The number of halogens is 1. The van der Waals surface area contributed by atoms with Gasteiger partial charge in [-0.1, -0.05) is 17.7 Å². The highest BCUT2D eigenvalue weighted by Crippen LogP contribution is 2.33. The van der Waals surface area contributed by atoms with E-state index in [1.165, 1.54) is 6.33 Å². The number of hydrogen-bond acceptors (Lipinski definition) is 6. The fourth-order valence-electron chi connectivity index (χ4n) is 1.95. The van der Waals surface area contributed by atoms with Crippen LogP contribution in [0.3, 0.4) is 0 Å². The van der Waals surface area contributed by atoms with Crippen molar-refractivity contribution in [2.24, 2.45) is 0 Å². The van der Waals surface area contributed by atoms with Gasteiger partial charge in [-0.2, -0.15) is 0 Å². The number of anilines is 3. The molecule has 1 heterocycles. The Bertz CT molecular complexity index is 743. The molecule has 122 valence electrons. The summed E-state index contributed by atoms with van der Waals surface area (Å²) in [4.78, 5) is 19.0. The fourth-order valence-corrected chi connectivity index (χ4v) is 2.12. The summed E-state index contributed by atoms with van der Waals surface area (Å²) in [6, 6.07) is 5.27. The Morgan fingerprint density at radius 3 is 2.48 bits per heavy atom. The Kier molecular flexibility index (Phi) is 4.70. The second kappa shape index (κ2) is 6.37. The average Bonchev–Trinajstić information content (AvgIpc) is 2.41. The van der Waals surface area contributed by atoms with Crippen LogP contribution in [0.15, 0.2) is 24.5 Å². The van der Waals surface area contributed by atoms with Gasteiger partial charge in [-0.05, 0) is 45.4 Å². The molecule has 1 aromatic heterocycles. The molecule has 23 heavy (non-hydrogen) atoms. The second-order valence-corrected chi connectivity index (χ2v) is 6.57. The van der Waals surface area contributed by atoms with E-state index in [-0.39, 0.29) is 22.9 Å².